The van der Waals surface area contributed by atoms with E-state index in [4.69, 9.17) is 0 Å². The maximum absolute atomic E-state index is 11.9. The Morgan fingerprint density at radius 1 is 0.947 bits per heavy atom. The second-order valence-electron chi connectivity index (χ2n) is 4.56. The first-order valence-corrected chi connectivity index (χ1v) is 6.32. The van der Waals surface area contributed by atoms with Gasteiger partial charge < -0.3 is 10.6 Å². The molecule has 19 heavy (non-hydrogen) atoms. The summed E-state index contributed by atoms with van der Waals surface area (Å²) < 4.78 is 0. The molecule has 0 spiro atoms. The first-order valence-electron chi connectivity index (χ1n) is 6.32. The predicted molar refractivity (Wildman–Crippen MR) is 78.2 cm³/mol. The Morgan fingerprint density at radius 2 is 1.58 bits per heavy atom. The van der Waals surface area contributed by atoms with E-state index < -0.39 is 0 Å². The maximum atomic E-state index is 11.9. The average Bonchev–Trinajstić information content (AvgIpc) is 2.42. The van der Waals surface area contributed by atoms with Crippen molar-refractivity contribution in [2.24, 2.45) is 0 Å². The average molecular weight is 254 g/mol. The number of nitrogens with one attached hydrogen (secondary N) is 2. The number of anilines is 1. The molecule has 2 N–H and O–H groups in total. The molecule has 0 atom stereocenters. The SMILES string of the molecule is Cc1cccc(C)c1NC(=O)NCc1ccccc1. The number of para-hydroxylation sites is 1. The molecule has 0 saturated carbocycles. The van der Waals surface area contributed by atoms with E-state index in [1.54, 1.807) is 0 Å². The van der Waals surface area contributed by atoms with Crippen LogP contribution in [0.25, 0.3) is 0 Å². The molecule has 98 valence electrons. The van der Waals surface area contributed by atoms with Gasteiger partial charge in [-0.2, -0.15) is 0 Å². The summed E-state index contributed by atoms with van der Waals surface area (Å²) in [6.45, 7) is 4.50. The predicted octanol–water partition coefficient (Wildman–Crippen LogP) is 3.63. The third-order valence-electron chi connectivity index (χ3n) is 3.02. The summed E-state index contributed by atoms with van der Waals surface area (Å²) in [5, 5.41) is 5.75. The van der Waals surface area contributed by atoms with E-state index in [0.29, 0.717) is 6.54 Å². The summed E-state index contributed by atoms with van der Waals surface area (Å²) in [6.07, 6.45) is 0. The largest absolute Gasteiger partial charge is 0.334 e. The summed E-state index contributed by atoms with van der Waals surface area (Å²) in [5.41, 5.74) is 4.09. The summed E-state index contributed by atoms with van der Waals surface area (Å²) >= 11 is 0. The van der Waals surface area contributed by atoms with Crippen molar-refractivity contribution in [2.75, 3.05) is 5.32 Å². The van der Waals surface area contributed by atoms with Crippen molar-refractivity contribution in [1.82, 2.24) is 5.32 Å². The van der Waals surface area contributed by atoms with Crippen LogP contribution in [0.2, 0.25) is 0 Å². The molecule has 0 bridgehead atoms. The Kier molecular flexibility index (Phi) is 4.18. The van der Waals surface area contributed by atoms with Crippen molar-refractivity contribution in [3.8, 4) is 0 Å². The highest BCUT2D eigenvalue weighted by Gasteiger charge is 2.06. The first-order chi connectivity index (χ1) is 9.16. The van der Waals surface area contributed by atoms with Crippen LogP contribution in [0.15, 0.2) is 48.5 Å². The molecule has 3 heteroatoms. The third-order valence-corrected chi connectivity index (χ3v) is 3.02. The second kappa shape index (κ2) is 6.05. The molecule has 3 nitrogen and oxygen atoms in total. The van der Waals surface area contributed by atoms with Gasteiger partial charge in [-0.05, 0) is 30.5 Å². The van der Waals surface area contributed by atoms with E-state index >= 15 is 0 Å². The molecule has 0 aromatic heterocycles. The standard InChI is InChI=1S/C16H18N2O/c1-12-7-6-8-13(2)15(12)18-16(19)17-11-14-9-4-3-5-10-14/h3-10H,11H2,1-2H3,(H2,17,18,19). The Balaban J connectivity index is 1.95. The van der Waals surface area contributed by atoms with E-state index in [1.807, 2.05) is 62.4 Å². The molecule has 2 aromatic carbocycles. The van der Waals surface area contributed by atoms with Crippen molar-refractivity contribution < 1.29 is 4.79 Å². The molecule has 0 aliphatic rings. The quantitative estimate of drug-likeness (QED) is 0.863. The molecule has 2 aromatic rings. The number of hydrogen-bond donors (Lipinski definition) is 2. The summed E-state index contributed by atoms with van der Waals surface area (Å²) in [7, 11) is 0. The molecule has 0 unspecified atom stereocenters. The summed E-state index contributed by atoms with van der Waals surface area (Å²) in [5.74, 6) is 0. The van der Waals surface area contributed by atoms with Crippen molar-refractivity contribution in [1.29, 1.82) is 0 Å². The number of rotatable bonds is 3. The van der Waals surface area contributed by atoms with Gasteiger partial charge in [-0.15, -0.1) is 0 Å². The molecule has 0 fully saturated rings. The summed E-state index contributed by atoms with van der Waals surface area (Å²) in [4.78, 5) is 11.9. The van der Waals surface area contributed by atoms with E-state index in [9.17, 15) is 4.79 Å². The molecular formula is C16H18N2O. The zero-order chi connectivity index (χ0) is 13.7. The normalized spacial score (nSPS) is 10.0. The Labute approximate surface area is 113 Å². The molecule has 0 aliphatic carbocycles. The minimum Gasteiger partial charge on any atom is -0.334 e. The number of urea groups is 1. The Hall–Kier alpha value is -2.29. The summed E-state index contributed by atoms with van der Waals surface area (Å²) in [6, 6.07) is 15.6. The van der Waals surface area contributed by atoms with Gasteiger partial charge in [-0.25, -0.2) is 4.79 Å². The van der Waals surface area contributed by atoms with Crippen LogP contribution in [0.1, 0.15) is 16.7 Å². The molecule has 2 amide bonds. The van der Waals surface area contributed by atoms with Gasteiger partial charge in [0.15, 0.2) is 0 Å². The van der Waals surface area contributed by atoms with Gasteiger partial charge in [-0.1, -0.05) is 48.5 Å². The minimum absolute atomic E-state index is 0.179. The van der Waals surface area contributed by atoms with Crippen molar-refractivity contribution in [3.63, 3.8) is 0 Å². The van der Waals surface area contributed by atoms with E-state index in [0.717, 1.165) is 22.4 Å². The highest BCUT2D eigenvalue weighted by molar-refractivity contribution is 5.90. The Morgan fingerprint density at radius 3 is 2.21 bits per heavy atom. The van der Waals surface area contributed by atoms with Gasteiger partial charge in [0.2, 0.25) is 0 Å². The number of benzene rings is 2. The van der Waals surface area contributed by atoms with Gasteiger partial charge in [0.1, 0.15) is 0 Å². The lowest BCUT2D eigenvalue weighted by molar-refractivity contribution is 0.251. The van der Waals surface area contributed by atoms with Crippen LogP contribution in [0, 0.1) is 13.8 Å². The monoisotopic (exact) mass is 254 g/mol. The highest BCUT2D eigenvalue weighted by atomic mass is 16.2. The number of carbonyl (C=O) groups is 1. The van der Waals surface area contributed by atoms with Crippen LogP contribution in [0.3, 0.4) is 0 Å². The van der Waals surface area contributed by atoms with E-state index in [-0.39, 0.29) is 6.03 Å². The van der Waals surface area contributed by atoms with Crippen LogP contribution in [-0.2, 0) is 6.54 Å². The minimum atomic E-state index is -0.179. The number of hydrogen-bond acceptors (Lipinski definition) is 1. The fraction of sp³-hybridized carbons (Fsp3) is 0.188. The van der Waals surface area contributed by atoms with Crippen molar-refractivity contribution in [3.05, 3.63) is 65.2 Å². The number of aryl methyl sites for hydroxylation is 2. The lowest BCUT2D eigenvalue weighted by Gasteiger charge is -2.12. The van der Waals surface area contributed by atoms with E-state index in [2.05, 4.69) is 10.6 Å². The van der Waals surface area contributed by atoms with Gasteiger partial charge in [0, 0.05) is 12.2 Å². The highest BCUT2D eigenvalue weighted by Crippen LogP contribution is 2.19. The van der Waals surface area contributed by atoms with Crippen molar-refractivity contribution in [2.45, 2.75) is 20.4 Å². The van der Waals surface area contributed by atoms with Crippen molar-refractivity contribution >= 4 is 11.7 Å². The van der Waals surface area contributed by atoms with E-state index in [1.165, 1.54) is 0 Å². The molecular weight excluding hydrogens is 236 g/mol. The molecule has 0 aliphatic heterocycles. The number of carbonyl (C=O) groups excluding carboxylic acids is 1. The fourth-order valence-corrected chi connectivity index (χ4v) is 1.95. The lowest BCUT2D eigenvalue weighted by atomic mass is 10.1. The topological polar surface area (TPSA) is 41.1 Å². The molecule has 0 heterocycles. The molecule has 0 saturated heterocycles. The number of amides is 2. The second-order valence-corrected chi connectivity index (χ2v) is 4.56. The van der Waals surface area contributed by atoms with Gasteiger partial charge in [0.05, 0.1) is 0 Å². The van der Waals surface area contributed by atoms with Crippen LogP contribution >= 0.6 is 0 Å². The van der Waals surface area contributed by atoms with Crippen LogP contribution in [-0.4, -0.2) is 6.03 Å². The zero-order valence-corrected chi connectivity index (χ0v) is 11.2. The fourth-order valence-electron chi connectivity index (χ4n) is 1.95. The van der Waals surface area contributed by atoms with Gasteiger partial charge >= 0.3 is 6.03 Å². The molecule has 2 rings (SSSR count). The maximum Gasteiger partial charge on any atom is 0.319 e. The van der Waals surface area contributed by atoms with Gasteiger partial charge in [-0.3, -0.25) is 0 Å². The third kappa shape index (κ3) is 3.58. The molecule has 0 radical (unpaired) electrons. The zero-order valence-electron chi connectivity index (χ0n) is 11.2. The van der Waals surface area contributed by atoms with Gasteiger partial charge in [0.25, 0.3) is 0 Å². The van der Waals surface area contributed by atoms with Crippen LogP contribution in [0.4, 0.5) is 10.5 Å². The Bertz CT molecular complexity index is 544. The van der Waals surface area contributed by atoms with Crippen LogP contribution < -0.4 is 10.6 Å². The lowest BCUT2D eigenvalue weighted by Crippen LogP contribution is -2.28. The smallest absolute Gasteiger partial charge is 0.319 e. The first kappa shape index (κ1) is 13.1. The van der Waals surface area contributed by atoms with Crippen LogP contribution in [0.5, 0.6) is 0 Å².